The minimum Gasteiger partial charge on any atom is -0.497 e. The second-order valence-electron chi connectivity index (χ2n) is 6.68. The fourth-order valence-corrected chi connectivity index (χ4v) is 4.90. The number of piperazine rings is 1. The van der Waals surface area contributed by atoms with Crippen molar-refractivity contribution in [2.75, 3.05) is 45.3 Å². The summed E-state index contributed by atoms with van der Waals surface area (Å²) < 4.78 is 38.5. The Balaban J connectivity index is 1.80. The molecule has 0 aliphatic carbocycles. The summed E-state index contributed by atoms with van der Waals surface area (Å²) in [6, 6.07) is 11.3. The Hall–Kier alpha value is -2.25. The lowest BCUT2D eigenvalue weighted by atomic mass is 10.1. The first kappa shape index (κ1) is 19.5. The van der Waals surface area contributed by atoms with Crippen LogP contribution >= 0.6 is 0 Å². The summed E-state index contributed by atoms with van der Waals surface area (Å²) in [5, 5.41) is 0. The first-order valence-electron chi connectivity index (χ1n) is 8.91. The molecule has 0 atom stereocenters. The molecule has 7 heteroatoms. The Bertz CT molecular complexity index is 920. The van der Waals surface area contributed by atoms with Crippen molar-refractivity contribution in [3.63, 3.8) is 0 Å². The maximum atomic E-state index is 13.2. The van der Waals surface area contributed by atoms with Gasteiger partial charge < -0.3 is 14.4 Å². The van der Waals surface area contributed by atoms with Gasteiger partial charge in [-0.3, -0.25) is 0 Å². The van der Waals surface area contributed by atoms with Gasteiger partial charge in [-0.1, -0.05) is 6.07 Å². The number of sulfonamides is 1. The molecule has 0 aromatic heterocycles. The van der Waals surface area contributed by atoms with E-state index in [2.05, 4.69) is 4.90 Å². The first-order chi connectivity index (χ1) is 12.9. The minimum atomic E-state index is -3.61. The van der Waals surface area contributed by atoms with E-state index >= 15 is 0 Å². The van der Waals surface area contributed by atoms with Gasteiger partial charge in [-0.05, 0) is 49.2 Å². The van der Waals surface area contributed by atoms with Gasteiger partial charge in [-0.25, -0.2) is 8.42 Å². The maximum absolute atomic E-state index is 13.2. The summed E-state index contributed by atoms with van der Waals surface area (Å²) in [4.78, 5) is 2.41. The van der Waals surface area contributed by atoms with Gasteiger partial charge in [0, 0.05) is 37.9 Å². The lowest BCUT2D eigenvalue weighted by Crippen LogP contribution is -2.48. The number of hydrogen-bond donors (Lipinski definition) is 0. The number of benzene rings is 2. The van der Waals surface area contributed by atoms with Gasteiger partial charge in [0.15, 0.2) is 0 Å². The smallest absolute Gasteiger partial charge is 0.246 e. The van der Waals surface area contributed by atoms with Crippen molar-refractivity contribution in [2.45, 2.75) is 18.7 Å². The Kier molecular flexibility index (Phi) is 5.62. The molecule has 2 aromatic carbocycles. The van der Waals surface area contributed by atoms with E-state index in [-0.39, 0.29) is 4.90 Å². The van der Waals surface area contributed by atoms with Crippen LogP contribution in [0.4, 0.5) is 5.69 Å². The quantitative estimate of drug-likeness (QED) is 0.786. The Labute approximate surface area is 161 Å². The van der Waals surface area contributed by atoms with Gasteiger partial charge in [-0.2, -0.15) is 4.31 Å². The molecule has 3 rings (SSSR count). The summed E-state index contributed by atoms with van der Waals surface area (Å²) in [5.41, 5.74) is 2.98. The van der Waals surface area contributed by atoms with Gasteiger partial charge in [0.1, 0.15) is 16.4 Å². The lowest BCUT2D eigenvalue weighted by molar-refractivity contribution is 0.373. The van der Waals surface area contributed by atoms with E-state index in [0.717, 1.165) is 22.6 Å². The molecular formula is C20H26N2O4S. The molecule has 1 fully saturated rings. The molecule has 146 valence electrons. The van der Waals surface area contributed by atoms with Gasteiger partial charge in [0.05, 0.1) is 14.2 Å². The molecule has 0 radical (unpaired) electrons. The molecule has 0 amide bonds. The molecule has 0 unspecified atom stereocenters. The fourth-order valence-electron chi connectivity index (χ4n) is 3.26. The fraction of sp³-hybridized carbons (Fsp3) is 0.400. The third kappa shape index (κ3) is 3.89. The highest BCUT2D eigenvalue weighted by molar-refractivity contribution is 7.89. The van der Waals surface area contributed by atoms with Crippen molar-refractivity contribution in [3.05, 3.63) is 47.5 Å². The lowest BCUT2D eigenvalue weighted by Gasteiger charge is -2.35. The number of hydrogen-bond acceptors (Lipinski definition) is 5. The number of ether oxygens (including phenoxy) is 2. The van der Waals surface area contributed by atoms with Crippen LogP contribution < -0.4 is 14.4 Å². The van der Waals surface area contributed by atoms with Crippen molar-refractivity contribution < 1.29 is 17.9 Å². The van der Waals surface area contributed by atoms with Gasteiger partial charge in [-0.15, -0.1) is 0 Å². The molecule has 0 N–H and O–H groups in total. The Morgan fingerprint density at radius 1 is 0.889 bits per heavy atom. The largest absolute Gasteiger partial charge is 0.497 e. The normalized spacial score (nSPS) is 15.6. The number of aryl methyl sites for hydroxylation is 2. The van der Waals surface area contributed by atoms with Crippen molar-refractivity contribution >= 4 is 15.7 Å². The summed E-state index contributed by atoms with van der Waals surface area (Å²) in [6.07, 6.45) is 0. The summed E-state index contributed by atoms with van der Waals surface area (Å²) in [6.45, 7) is 5.96. The van der Waals surface area contributed by atoms with E-state index in [1.807, 2.05) is 38.1 Å². The van der Waals surface area contributed by atoms with Gasteiger partial charge in [0.25, 0.3) is 0 Å². The highest BCUT2D eigenvalue weighted by atomic mass is 32.2. The van der Waals surface area contributed by atoms with Crippen LogP contribution in [0.15, 0.2) is 41.3 Å². The van der Waals surface area contributed by atoms with E-state index in [9.17, 15) is 8.42 Å². The number of nitrogens with zero attached hydrogens (tertiary/aromatic N) is 2. The predicted molar refractivity (Wildman–Crippen MR) is 106 cm³/mol. The molecule has 1 aliphatic rings. The Morgan fingerprint density at radius 2 is 1.56 bits per heavy atom. The Morgan fingerprint density at radius 3 is 2.19 bits per heavy atom. The zero-order chi connectivity index (χ0) is 19.6. The molecule has 2 aromatic rings. The molecule has 1 saturated heterocycles. The standard InChI is InChI=1S/C20H26N2O4S/c1-15-12-19(26-4)20(13-16(15)2)27(23,24)22-10-8-21(9-11-22)17-6-5-7-18(14-17)25-3/h5-7,12-14H,8-11H2,1-4H3. The average molecular weight is 391 g/mol. The molecule has 27 heavy (non-hydrogen) atoms. The zero-order valence-electron chi connectivity index (χ0n) is 16.2. The zero-order valence-corrected chi connectivity index (χ0v) is 17.0. The van der Waals surface area contributed by atoms with E-state index < -0.39 is 10.0 Å². The number of methoxy groups -OCH3 is 2. The van der Waals surface area contributed by atoms with Gasteiger partial charge >= 0.3 is 0 Å². The highest BCUT2D eigenvalue weighted by Gasteiger charge is 2.31. The topological polar surface area (TPSA) is 59.1 Å². The third-order valence-electron chi connectivity index (χ3n) is 5.05. The molecule has 1 aliphatic heterocycles. The van der Waals surface area contributed by atoms with Crippen LogP contribution in [-0.4, -0.2) is 53.1 Å². The predicted octanol–water partition coefficient (Wildman–Crippen LogP) is 2.83. The number of anilines is 1. The second kappa shape index (κ2) is 7.78. The monoisotopic (exact) mass is 390 g/mol. The molecule has 0 saturated carbocycles. The molecule has 0 spiro atoms. The van der Waals surface area contributed by atoms with E-state index in [1.54, 1.807) is 19.2 Å². The van der Waals surface area contributed by atoms with Crippen molar-refractivity contribution in [1.82, 2.24) is 4.31 Å². The van der Waals surface area contributed by atoms with Crippen LogP contribution in [0.5, 0.6) is 11.5 Å². The third-order valence-corrected chi connectivity index (χ3v) is 6.97. The van der Waals surface area contributed by atoms with E-state index in [4.69, 9.17) is 9.47 Å². The van der Waals surface area contributed by atoms with Crippen LogP contribution in [-0.2, 0) is 10.0 Å². The molecular weight excluding hydrogens is 364 g/mol. The van der Waals surface area contributed by atoms with Crippen LogP contribution in [0.2, 0.25) is 0 Å². The maximum Gasteiger partial charge on any atom is 0.246 e. The summed E-state index contributed by atoms with van der Waals surface area (Å²) in [7, 11) is -0.462. The number of rotatable bonds is 5. The van der Waals surface area contributed by atoms with Gasteiger partial charge in [0.2, 0.25) is 10.0 Å². The van der Waals surface area contributed by atoms with Crippen molar-refractivity contribution in [2.24, 2.45) is 0 Å². The molecule has 0 bridgehead atoms. The highest BCUT2D eigenvalue weighted by Crippen LogP contribution is 2.31. The van der Waals surface area contributed by atoms with Crippen LogP contribution in [0.1, 0.15) is 11.1 Å². The summed E-state index contributed by atoms with van der Waals surface area (Å²) >= 11 is 0. The SMILES string of the molecule is COc1cccc(N2CCN(S(=O)(=O)c3cc(C)c(C)cc3OC)CC2)c1. The summed E-state index contributed by atoms with van der Waals surface area (Å²) in [5.74, 6) is 1.19. The molecule has 1 heterocycles. The van der Waals surface area contributed by atoms with Crippen LogP contribution in [0.3, 0.4) is 0 Å². The van der Waals surface area contributed by atoms with Crippen molar-refractivity contribution in [3.8, 4) is 11.5 Å². The van der Waals surface area contributed by atoms with Crippen LogP contribution in [0.25, 0.3) is 0 Å². The first-order valence-corrected chi connectivity index (χ1v) is 10.3. The van der Waals surface area contributed by atoms with Crippen LogP contribution in [0, 0.1) is 13.8 Å². The minimum absolute atomic E-state index is 0.239. The molecule has 6 nitrogen and oxygen atoms in total. The van der Waals surface area contributed by atoms with Crippen molar-refractivity contribution in [1.29, 1.82) is 0 Å². The average Bonchev–Trinajstić information content (AvgIpc) is 2.69. The second-order valence-corrected chi connectivity index (χ2v) is 8.59. The van der Waals surface area contributed by atoms with E-state index in [0.29, 0.717) is 31.9 Å². The van der Waals surface area contributed by atoms with E-state index in [1.165, 1.54) is 11.4 Å².